The van der Waals surface area contributed by atoms with Crippen molar-refractivity contribution in [3.63, 3.8) is 0 Å². The van der Waals surface area contributed by atoms with Crippen LogP contribution >= 0.6 is 11.3 Å². The third-order valence-electron chi connectivity index (χ3n) is 4.69. The van der Waals surface area contributed by atoms with Gasteiger partial charge in [-0.05, 0) is 31.5 Å². The van der Waals surface area contributed by atoms with Crippen LogP contribution in [-0.2, 0) is 11.3 Å². The zero-order chi connectivity index (χ0) is 21.1. The molecule has 0 saturated carbocycles. The summed E-state index contributed by atoms with van der Waals surface area (Å²) in [7, 11) is 0. The van der Waals surface area contributed by atoms with E-state index in [0.29, 0.717) is 28.3 Å². The van der Waals surface area contributed by atoms with Gasteiger partial charge in [-0.15, -0.1) is 11.3 Å². The minimum Gasteiger partial charge on any atom is -0.492 e. The Hall–Kier alpha value is -3.45. The van der Waals surface area contributed by atoms with E-state index in [0.717, 1.165) is 16.0 Å². The molecule has 152 valence electrons. The van der Waals surface area contributed by atoms with Crippen LogP contribution in [0.5, 0.6) is 5.75 Å². The second-order valence-corrected chi connectivity index (χ2v) is 7.94. The highest BCUT2D eigenvalue weighted by Crippen LogP contribution is 2.35. The number of aromatic nitrogens is 2. The van der Waals surface area contributed by atoms with Crippen LogP contribution < -0.4 is 15.6 Å². The van der Waals surface area contributed by atoms with Crippen LogP contribution in [0.2, 0.25) is 0 Å². The molecule has 7 heteroatoms. The van der Waals surface area contributed by atoms with E-state index in [1.165, 1.54) is 22.2 Å². The van der Waals surface area contributed by atoms with E-state index in [1.54, 1.807) is 12.1 Å². The van der Waals surface area contributed by atoms with E-state index in [9.17, 15) is 9.59 Å². The number of nitrogens with zero attached hydrogens (tertiary/aromatic N) is 2. The molecule has 0 bridgehead atoms. The molecule has 6 nitrogen and oxygen atoms in total. The summed E-state index contributed by atoms with van der Waals surface area (Å²) in [6.45, 7) is 4.22. The number of rotatable bonds is 6. The van der Waals surface area contributed by atoms with Crippen LogP contribution in [0.25, 0.3) is 21.3 Å². The Balaban J connectivity index is 1.67. The zero-order valence-corrected chi connectivity index (χ0v) is 17.5. The fourth-order valence-corrected chi connectivity index (χ4v) is 4.40. The topological polar surface area (TPSA) is 73.2 Å². The average Bonchev–Trinajstić information content (AvgIpc) is 3.09. The van der Waals surface area contributed by atoms with Crippen LogP contribution in [0.3, 0.4) is 0 Å². The molecule has 2 aromatic heterocycles. The predicted molar refractivity (Wildman–Crippen MR) is 120 cm³/mol. The molecule has 0 spiro atoms. The Morgan fingerprint density at radius 3 is 2.63 bits per heavy atom. The highest BCUT2D eigenvalue weighted by Gasteiger charge is 2.18. The molecule has 30 heavy (non-hydrogen) atoms. The third kappa shape index (κ3) is 3.84. The number of amides is 1. The smallest absolute Gasteiger partial charge is 0.263 e. The van der Waals surface area contributed by atoms with Gasteiger partial charge in [0, 0.05) is 10.4 Å². The third-order valence-corrected chi connectivity index (χ3v) is 5.71. The summed E-state index contributed by atoms with van der Waals surface area (Å²) in [6, 6.07) is 17.0. The number of benzene rings is 2. The molecule has 2 aromatic carbocycles. The summed E-state index contributed by atoms with van der Waals surface area (Å²) in [4.78, 5) is 32.0. The highest BCUT2D eigenvalue weighted by atomic mass is 32.1. The van der Waals surface area contributed by atoms with Crippen molar-refractivity contribution in [1.82, 2.24) is 9.55 Å². The number of ether oxygens (including phenoxy) is 1. The van der Waals surface area contributed by atoms with Crippen molar-refractivity contribution in [2.45, 2.75) is 20.4 Å². The second kappa shape index (κ2) is 8.51. The van der Waals surface area contributed by atoms with Gasteiger partial charge in [-0.1, -0.05) is 42.5 Å². The van der Waals surface area contributed by atoms with Crippen molar-refractivity contribution < 1.29 is 9.53 Å². The fraction of sp³-hybridized carbons (Fsp3) is 0.174. The maximum Gasteiger partial charge on any atom is 0.263 e. The summed E-state index contributed by atoms with van der Waals surface area (Å²) >= 11 is 1.48. The molecule has 1 N–H and O–H groups in total. The fourth-order valence-electron chi connectivity index (χ4n) is 3.40. The van der Waals surface area contributed by atoms with Gasteiger partial charge in [0.2, 0.25) is 5.91 Å². The largest absolute Gasteiger partial charge is 0.492 e. The molecular formula is C23H21N3O3S. The maximum absolute atomic E-state index is 13.2. The predicted octanol–water partition coefficient (Wildman–Crippen LogP) is 4.47. The van der Waals surface area contributed by atoms with E-state index in [2.05, 4.69) is 10.3 Å². The minimum absolute atomic E-state index is 0.134. The lowest BCUT2D eigenvalue weighted by atomic mass is 10.0. The Morgan fingerprint density at radius 1 is 1.13 bits per heavy atom. The van der Waals surface area contributed by atoms with Gasteiger partial charge in [0.25, 0.3) is 5.56 Å². The number of fused-ring (bicyclic) bond motifs is 1. The summed E-state index contributed by atoms with van der Waals surface area (Å²) in [5.41, 5.74) is 2.19. The molecule has 0 fully saturated rings. The lowest BCUT2D eigenvalue weighted by Gasteiger charge is -2.12. The van der Waals surface area contributed by atoms with Crippen LogP contribution in [0.1, 0.15) is 11.8 Å². The van der Waals surface area contributed by atoms with Crippen LogP contribution in [0.4, 0.5) is 5.69 Å². The van der Waals surface area contributed by atoms with Crippen LogP contribution in [0, 0.1) is 6.92 Å². The first-order valence-electron chi connectivity index (χ1n) is 9.64. The molecule has 0 aliphatic rings. The van der Waals surface area contributed by atoms with Crippen molar-refractivity contribution in [3.05, 3.63) is 76.2 Å². The lowest BCUT2D eigenvalue weighted by molar-refractivity contribution is -0.116. The molecule has 0 unspecified atom stereocenters. The van der Waals surface area contributed by atoms with E-state index >= 15 is 0 Å². The Bertz CT molecular complexity index is 1260. The standard InChI is InChI=1S/C23H21N3O3S/c1-3-29-18-12-8-7-11-17(18)25-19(27)13-26-14-24-22-21(23(26)28)20(15(2)30-22)16-9-5-4-6-10-16/h4-12,14H,3,13H2,1-2H3,(H,25,27). The molecule has 1 amide bonds. The van der Waals surface area contributed by atoms with Crippen molar-refractivity contribution in [3.8, 4) is 16.9 Å². The van der Waals surface area contributed by atoms with Gasteiger partial charge in [0.15, 0.2) is 0 Å². The molecule has 0 radical (unpaired) electrons. The molecule has 4 rings (SSSR count). The maximum atomic E-state index is 13.2. The molecule has 0 saturated heterocycles. The number of carbonyl (C=O) groups is 1. The van der Waals surface area contributed by atoms with Crippen molar-refractivity contribution >= 4 is 33.1 Å². The van der Waals surface area contributed by atoms with Gasteiger partial charge in [-0.3, -0.25) is 14.2 Å². The Morgan fingerprint density at radius 2 is 1.87 bits per heavy atom. The van der Waals surface area contributed by atoms with Gasteiger partial charge >= 0.3 is 0 Å². The average molecular weight is 420 g/mol. The van der Waals surface area contributed by atoms with Crippen molar-refractivity contribution in [1.29, 1.82) is 0 Å². The van der Waals surface area contributed by atoms with Gasteiger partial charge in [0.05, 0.1) is 24.0 Å². The SMILES string of the molecule is CCOc1ccccc1NC(=O)Cn1cnc2sc(C)c(-c3ccccc3)c2c1=O. The Labute approximate surface area is 177 Å². The van der Waals surface area contributed by atoms with Crippen LogP contribution in [-0.4, -0.2) is 22.1 Å². The Kier molecular flexibility index (Phi) is 5.63. The molecule has 0 aliphatic carbocycles. The van der Waals surface area contributed by atoms with Crippen molar-refractivity contribution in [2.75, 3.05) is 11.9 Å². The number of hydrogen-bond donors (Lipinski definition) is 1. The number of nitrogens with one attached hydrogen (secondary N) is 1. The second-order valence-electron chi connectivity index (χ2n) is 6.73. The number of para-hydroxylation sites is 2. The van der Waals surface area contributed by atoms with E-state index in [4.69, 9.17) is 4.74 Å². The van der Waals surface area contributed by atoms with Gasteiger partial charge in [-0.25, -0.2) is 4.98 Å². The molecule has 4 aromatic rings. The summed E-state index contributed by atoms with van der Waals surface area (Å²) in [6.07, 6.45) is 1.43. The first-order valence-corrected chi connectivity index (χ1v) is 10.5. The zero-order valence-electron chi connectivity index (χ0n) is 16.7. The first kappa shape index (κ1) is 19.8. The van der Waals surface area contributed by atoms with E-state index < -0.39 is 0 Å². The molecule has 0 aliphatic heterocycles. The number of carbonyl (C=O) groups excluding carboxylic acids is 1. The summed E-state index contributed by atoms with van der Waals surface area (Å²) in [5.74, 6) is 0.271. The lowest BCUT2D eigenvalue weighted by Crippen LogP contribution is -2.28. The summed E-state index contributed by atoms with van der Waals surface area (Å²) < 4.78 is 6.89. The molecule has 0 atom stereocenters. The number of aryl methyl sites for hydroxylation is 1. The number of thiophene rings is 1. The van der Waals surface area contributed by atoms with Gasteiger partial charge < -0.3 is 10.1 Å². The highest BCUT2D eigenvalue weighted by molar-refractivity contribution is 7.19. The van der Waals surface area contributed by atoms with Gasteiger partial charge in [0.1, 0.15) is 17.1 Å². The minimum atomic E-state index is -0.321. The van der Waals surface area contributed by atoms with E-state index in [-0.39, 0.29) is 18.0 Å². The van der Waals surface area contributed by atoms with Gasteiger partial charge in [-0.2, -0.15) is 0 Å². The quantitative estimate of drug-likeness (QED) is 0.500. The van der Waals surface area contributed by atoms with E-state index in [1.807, 2.05) is 56.3 Å². The molecule has 2 heterocycles. The first-order chi connectivity index (χ1) is 14.6. The monoisotopic (exact) mass is 419 g/mol. The summed E-state index contributed by atoms with van der Waals surface area (Å²) in [5, 5.41) is 3.37. The molecular weight excluding hydrogens is 398 g/mol. The normalized spacial score (nSPS) is 10.9. The van der Waals surface area contributed by atoms with Crippen LogP contribution in [0.15, 0.2) is 65.7 Å². The number of anilines is 1. The van der Waals surface area contributed by atoms with Crippen molar-refractivity contribution in [2.24, 2.45) is 0 Å². The number of hydrogen-bond acceptors (Lipinski definition) is 5.